The van der Waals surface area contributed by atoms with Gasteiger partial charge in [-0.3, -0.25) is 4.99 Å². The van der Waals surface area contributed by atoms with Crippen LogP contribution in [0.2, 0.25) is 0 Å². The molecule has 0 fully saturated rings. The fourth-order valence-electron chi connectivity index (χ4n) is 0.357. The number of aliphatic imine (C=N–C) groups is 1. The van der Waals surface area contributed by atoms with Crippen LogP contribution in [0.1, 0.15) is 6.92 Å². The predicted octanol–water partition coefficient (Wildman–Crippen LogP) is 1.67. The quantitative estimate of drug-likeness (QED) is 0.541. The maximum absolute atomic E-state index is 3.97. The van der Waals surface area contributed by atoms with E-state index in [9.17, 15) is 0 Å². The van der Waals surface area contributed by atoms with Crippen molar-refractivity contribution >= 4 is 6.21 Å². The lowest BCUT2D eigenvalue weighted by Crippen LogP contribution is -1.99. The van der Waals surface area contributed by atoms with Crippen molar-refractivity contribution in [2.24, 2.45) is 4.99 Å². The van der Waals surface area contributed by atoms with Crippen molar-refractivity contribution in [1.29, 1.82) is 0 Å². The van der Waals surface area contributed by atoms with Crippen molar-refractivity contribution in [3.63, 3.8) is 0 Å². The van der Waals surface area contributed by atoms with E-state index in [0.717, 1.165) is 0 Å². The molecule has 0 radical (unpaired) electrons. The molecule has 0 unspecified atom stereocenters. The van der Waals surface area contributed by atoms with Crippen LogP contribution < -0.4 is 0 Å². The van der Waals surface area contributed by atoms with Gasteiger partial charge in [0, 0.05) is 32.7 Å². The molecule has 0 N–H and O–H groups in total. The largest absolute Gasteiger partial charge is 0.382 e. The van der Waals surface area contributed by atoms with Crippen LogP contribution in [0.15, 0.2) is 29.5 Å². The lowest BCUT2D eigenvalue weighted by molar-refractivity contribution is 0.562. The topological polar surface area (TPSA) is 15.6 Å². The Kier molecular flexibility index (Phi) is 5.44. The minimum atomic E-state index is 1.75. The monoisotopic (exact) mass is 138 g/mol. The zero-order chi connectivity index (χ0) is 7.82. The standard InChI is InChI=1S/C8H14N2/c1-4-5-6-9-7-8-10(2)3/h4-8H,1-3H3/b5-4-,8-7-,9-6-. The van der Waals surface area contributed by atoms with Crippen LogP contribution in [-0.2, 0) is 0 Å². The van der Waals surface area contributed by atoms with Gasteiger partial charge in [0.05, 0.1) is 0 Å². The molecule has 2 heteroatoms. The van der Waals surface area contributed by atoms with Crippen LogP contribution in [0, 0.1) is 0 Å². The van der Waals surface area contributed by atoms with Crippen molar-refractivity contribution in [3.8, 4) is 0 Å². The molecule has 0 amide bonds. The smallest absolute Gasteiger partial charge is 0.0426 e. The maximum Gasteiger partial charge on any atom is 0.0426 e. The van der Waals surface area contributed by atoms with Crippen LogP contribution >= 0.6 is 0 Å². The molecule has 10 heavy (non-hydrogen) atoms. The summed E-state index contributed by atoms with van der Waals surface area (Å²) in [6.45, 7) is 1.96. The second kappa shape index (κ2) is 6.08. The molecule has 0 heterocycles. The van der Waals surface area contributed by atoms with Gasteiger partial charge in [-0.05, 0) is 13.0 Å². The molecule has 0 aliphatic carbocycles. The molecule has 0 rings (SSSR count). The number of hydrogen-bond acceptors (Lipinski definition) is 2. The molecule has 56 valence electrons. The Morgan fingerprint density at radius 1 is 1.30 bits per heavy atom. The maximum atomic E-state index is 3.97. The minimum absolute atomic E-state index is 1.75. The molecule has 0 aromatic rings. The zero-order valence-corrected chi connectivity index (χ0v) is 6.78. The summed E-state index contributed by atoms with van der Waals surface area (Å²) < 4.78 is 0. The first-order chi connectivity index (χ1) is 4.77. The van der Waals surface area contributed by atoms with Gasteiger partial charge in [-0.15, -0.1) is 0 Å². The van der Waals surface area contributed by atoms with E-state index in [2.05, 4.69) is 4.99 Å². The molecule has 0 bridgehead atoms. The van der Waals surface area contributed by atoms with E-state index in [1.54, 1.807) is 12.4 Å². The van der Waals surface area contributed by atoms with Crippen LogP contribution in [0.3, 0.4) is 0 Å². The molecule has 0 aliphatic heterocycles. The minimum Gasteiger partial charge on any atom is -0.382 e. The molecule has 0 atom stereocenters. The normalized spacial score (nSPS) is 12.3. The molecular weight excluding hydrogens is 124 g/mol. The molecule has 0 saturated heterocycles. The Labute approximate surface area is 62.6 Å². The highest BCUT2D eigenvalue weighted by atomic mass is 15.0. The van der Waals surface area contributed by atoms with Gasteiger partial charge in [-0.2, -0.15) is 0 Å². The summed E-state index contributed by atoms with van der Waals surface area (Å²) in [5.41, 5.74) is 0. The van der Waals surface area contributed by atoms with Gasteiger partial charge in [0.25, 0.3) is 0 Å². The van der Waals surface area contributed by atoms with E-state index in [0.29, 0.717) is 0 Å². The average Bonchev–Trinajstić information content (AvgIpc) is 1.87. The Morgan fingerprint density at radius 3 is 2.50 bits per heavy atom. The predicted molar refractivity (Wildman–Crippen MR) is 46.1 cm³/mol. The second-order valence-electron chi connectivity index (χ2n) is 2.09. The van der Waals surface area contributed by atoms with E-state index in [4.69, 9.17) is 0 Å². The zero-order valence-electron chi connectivity index (χ0n) is 6.78. The Morgan fingerprint density at radius 2 is 2.00 bits per heavy atom. The van der Waals surface area contributed by atoms with Crippen molar-refractivity contribution in [1.82, 2.24) is 4.90 Å². The van der Waals surface area contributed by atoms with Gasteiger partial charge < -0.3 is 4.90 Å². The van der Waals surface area contributed by atoms with Crippen LogP contribution in [0.25, 0.3) is 0 Å². The average molecular weight is 138 g/mol. The fraction of sp³-hybridized carbons (Fsp3) is 0.375. The SMILES string of the molecule is C\C=C/C=N\C=C/N(C)C. The van der Waals surface area contributed by atoms with E-state index in [-0.39, 0.29) is 0 Å². The van der Waals surface area contributed by atoms with Gasteiger partial charge in [-0.1, -0.05) is 6.08 Å². The lowest BCUT2D eigenvalue weighted by Gasteiger charge is -1.99. The summed E-state index contributed by atoms with van der Waals surface area (Å²) in [6.07, 6.45) is 9.22. The number of allylic oxidation sites excluding steroid dienone is 2. The highest BCUT2D eigenvalue weighted by molar-refractivity contribution is 5.71. The first-order valence-corrected chi connectivity index (χ1v) is 3.25. The van der Waals surface area contributed by atoms with Gasteiger partial charge >= 0.3 is 0 Å². The second-order valence-corrected chi connectivity index (χ2v) is 2.09. The third-order valence-electron chi connectivity index (χ3n) is 0.815. The molecule has 0 spiro atoms. The van der Waals surface area contributed by atoms with Gasteiger partial charge in [0.2, 0.25) is 0 Å². The van der Waals surface area contributed by atoms with Gasteiger partial charge in [-0.25, -0.2) is 0 Å². The number of rotatable bonds is 3. The number of hydrogen-bond donors (Lipinski definition) is 0. The summed E-state index contributed by atoms with van der Waals surface area (Å²) in [7, 11) is 3.92. The van der Waals surface area contributed by atoms with Gasteiger partial charge in [0.1, 0.15) is 0 Å². The Hall–Kier alpha value is -1.05. The summed E-state index contributed by atoms with van der Waals surface area (Å²) in [6, 6.07) is 0. The van der Waals surface area contributed by atoms with Crippen molar-refractivity contribution in [2.75, 3.05) is 14.1 Å². The van der Waals surface area contributed by atoms with Crippen molar-refractivity contribution in [3.05, 3.63) is 24.6 Å². The van der Waals surface area contributed by atoms with Gasteiger partial charge in [0.15, 0.2) is 0 Å². The summed E-state index contributed by atoms with van der Waals surface area (Å²) in [5, 5.41) is 0. The van der Waals surface area contributed by atoms with E-state index in [1.807, 2.05) is 44.3 Å². The molecule has 2 nitrogen and oxygen atoms in total. The number of nitrogens with zero attached hydrogens (tertiary/aromatic N) is 2. The van der Waals surface area contributed by atoms with Crippen LogP contribution in [0.5, 0.6) is 0 Å². The fourth-order valence-corrected chi connectivity index (χ4v) is 0.357. The van der Waals surface area contributed by atoms with Crippen molar-refractivity contribution < 1.29 is 0 Å². The molecule has 0 aliphatic rings. The highest BCUT2D eigenvalue weighted by Crippen LogP contribution is 1.77. The van der Waals surface area contributed by atoms with E-state index in [1.165, 1.54) is 0 Å². The first-order valence-electron chi connectivity index (χ1n) is 3.25. The van der Waals surface area contributed by atoms with Crippen molar-refractivity contribution in [2.45, 2.75) is 6.92 Å². The van der Waals surface area contributed by atoms with E-state index < -0.39 is 0 Å². The van der Waals surface area contributed by atoms with E-state index >= 15 is 0 Å². The van der Waals surface area contributed by atoms with Crippen LogP contribution in [-0.4, -0.2) is 25.2 Å². The summed E-state index contributed by atoms with van der Waals surface area (Å²) >= 11 is 0. The Bertz CT molecular complexity index is 143. The van der Waals surface area contributed by atoms with Crippen LogP contribution in [0.4, 0.5) is 0 Å². The molecule has 0 aromatic carbocycles. The third kappa shape index (κ3) is 6.95. The molecule has 0 aromatic heterocycles. The Balaban J connectivity index is 3.51. The lowest BCUT2D eigenvalue weighted by atomic mass is 10.6. The summed E-state index contributed by atoms with van der Waals surface area (Å²) in [5.74, 6) is 0. The third-order valence-corrected chi connectivity index (χ3v) is 0.815. The molecule has 0 saturated carbocycles. The molecular formula is C8H14N2. The first kappa shape index (κ1) is 8.95. The highest BCUT2D eigenvalue weighted by Gasteiger charge is 1.69. The summed E-state index contributed by atoms with van der Waals surface area (Å²) in [4.78, 5) is 5.90.